The van der Waals surface area contributed by atoms with Crippen molar-refractivity contribution < 1.29 is 0 Å². The molecule has 1 aromatic heterocycles. The van der Waals surface area contributed by atoms with Gasteiger partial charge in [-0.05, 0) is 58.7 Å². The lowest BCUT2D eigenvalue weighted by Gasteiger charge is -2.19. The van der Waals surface area contributed by atoms with E-state index < -0.39 is 0 Å². The van der Waals surface area contributed by atoms with Gasteiger partial charge in [-0.3, -0.25) is 0 Å². The molecule has 1 atom stereocenters. The molecule has 96 valence electrons. The summed E-state index contributed by atoms with van der Waals surface area (Å²) in [6.45, 7) is 5.25. The molecule has 1 nitrogen and oxygen atoms in total. The molecule has 0 aliphatic carbocycles. The fourth-order valence-corrected chi connectivity index (χ4v) is 3.89. The highest BCUT2D eigenvalue weighted by Crippen LogP contribution is 2.34. The van der Waals surface area contributed by atoms with Gasteiger partial charge in [-0.15, -0.1) is 11.3 Å². The van der Waals surface area contributed by atoms with Gasteiger partial charge < -0.3 is 5.32 Å². The van der Waals surface area contributed by atoms with Crippen LogP contribution in [0, 0.1) is 6.92 Å². The number of benzene rings is 1. The maximum atomic E-state index is 3.61. The number of hydrogen-bond donors (Lipinski definition) is 1. The highest BCUT2D eigenvalue weighted by atomic mass is 79.9. The predicted octanol–water partition coefficient (Wildman–Crippen LogP) is 5.28. The SMILES string of the molecule is CCNC(c1ccc(Br)s1)c1cccc(Br)c1C. The van der Waals surface area contributed by atoms with E-state index in [1.807, 2.05) is 0 Å². The standard InChI is InChI=1S/C14H15Br2NS/c1-3-17-14(12-7-8-13(16)18-12)10-5-4-6-11(15)9(10)2/h4-8,14,17H,3H2,1-2H3. The molecule has 2 rings (SSSR count). The lowest BCUT2D eigenvalue weighted by molar-refractivity contribution is 0.636. The van der Waals surface area contributed by atoms with Crippen molar-refractivity contribution >= 4 is 43.2 Å². The van der Waals surface area contributed by atoms with E-state index in [-0.39, 0.29) is 6.04 Å². The molecular weight excluding hydrogens is 374 g/mol. The number of hydrogen-bond acceptors (Lipinski definition) is 2. The molecule has 0 bridgehead atoms. The number of nitrogens with one attached hydrogen (secondary N) is 1. The first-order valence-corrected chi connectivity index (χ1v) is 8.27. The molecular formula is C14H15Br2NS. The first kappa shape index (κ1) is 14.3. The molecule has 0 amide bonds. The van der Waals surface area contributed by atoms with E-state index in [0.717, 1.165) is 6.54 Å². The summed E-state index contributed by atoms with van der Waals surface area (Å²) in [6, 6.07) is 10.9. The zero-order chi connectivity index (χ0) is 13.1. The maximum Gasteiger partial charge on any atom is 0.0702 e. The van der Waals surface area contributed by atoms with E-state index in [1.54, 1.807) is 11.3 Å². The first-order valence-electron chi connectivity index (χ1n) is 5.87. The summed E-state index contributed by atoms with van der Waals surface area (Å²) < 4.78 is 2.34. The van der Waals surface area contributed by atoms with Gasteiger partial charge in [0.15, 0.2) is 0 Å². The third-order valence-corrected chi connectivity index (χ3v) is 5.45. The smallest absolute Gasteiger partial charge is 0.0702 e. The van der Waals surface area contributed by atoms with Crippen molar-refractivity contribution in [3.05, 3.63) is 54.6 Å². The quantitative estimate of drug-likeness (QED) is 0.751. The van der Waals surface area contributed by atoms with Crippen molar-refractivity contribution in [1.82, 2.24) is 5.32 Å². The largest absolute Gasteiger partial charge is 0.306 e. The molecule has 0 aliphatic rings. The van der Waals surface area contributed by atoms with Crippen LogP contribution >= 0.6 is 43.2 Å². The van der Waals surface area contributed by atoms with Gasteiger partial charge in [0.1, 0.15) is 0 Å². The van der Waals surface area contributed by atoms with E-state index in [4.69, 9.17) is 0 Å². The van der Waals surface area contributed by atoms with Crippen LogP contribution in [-0.4, -0.2) is 6.54 Å². The van der Waals surface area contributed by atoms with Gasteiger partial charge in [-0.25, -0.2) is 0 Å². The van der Waals surface area contributed by atoms with Gasteiger partial charge in [0.05, 0.1) is 9.83 Å². The van der Waals surface area contributed by atoms with E-state index in [1.165, 1.54) is 24.3 Å². The van der Waals surface area contributed by atoms with Gasteiger partial charge in [0, 0.05) is 9.35 Å². The van der Waals surface area contributed by atoms with Crippen molar-refractivity contribution in [1.29, 1.82) is 0 Å². The lowest BCUT2D eigenvalue weighted by Crippen LogP contribution is -2.21. The Hall–Kier alpha value is -0.160. The van der Waals surface area contributed by atoms with Crippen molar-refractivity contribution in [3.8, 4) is 0 Å². The Bertz CT molecular complexity index is 536. The van der Waals surface area contributed by atoms with Crippen molar-refractivity contribution in [3.63, 3.8) is 0 Å². The van der Waals surface area contributed by atoms with Gasteiger partial charge in [0.25, 0.3) is 0 Å². The summed E-state index contributed by atoms with van der Waals surface area (Å²) in [6.07, 6.45) is 0. The molecule has 0 saturated carbocycles. The lowest BCUT2D eigenvalue weighted by atomic mass is 10.00. The van der Waals surface area contributed by atoms with Gasteiger partial charge in [0.2, 0.25) is 0 Å². The molecule has 1 N–H and O–H groups in total. The van der Waals surface area contributed by atoms with Crippen molar-refractivity contribution in [2.75, 3.05) is 6.54 Å². The molecule has 18 heavy (non-hydrogen) atoms. The van der Waals surface area contributed by atoms with Crippen LogP contribution in [0.5, 0.6) is 0 Å². The molecule has 0 fully saturated rings. The molecule has 0 radical (unpaired) electrons. The van der Waals surface area contributed by atoms with Crippen LogP contribution in [0.1, 0.15) is 29.0 Å². The van der Waals surface area contributed by atoms with E-state index in [0.29, 0.717) is 0 Å². The minimum Gasteiger partial charge on any atom is -0.306 e. The third kappa shape index (κ3) is 3.05. The Morgan fingerprint density at radius 2 is 2.00 bits per heavy atom. The van der Waals surface area contributed by atoms with Gasteiger partial charge in [-0.2, -0.15) is 0 Å². The van der Waals surface area contributed by atoms with Crippen molar-refractivity contribution in [2.45, 2.75) is 19.9 Å². The average Bonchev–Trinajstić information content (AvgIpc) is 2.77. The summed E-state index contributed by atoms with van der Waals surface area (Å²) in [5.41, 5.74) is 2.63. The summed E-state index contributed by atoms with van der Waals surface area (Å²) in [7, 11) is 0. The fourth-order valence-electron chi connectivity index (χ4n) is 1.99. The average molecular weight is 389 g/mol. The summed E-state index contributed by atoms with van der Waals surface area (Å²) >= 11 is 8.93. The van der Waals surface area contributed by atoms with Crippen LogP contribution in [0.15, 0.2) is 38.6 Å². The molecule has 2 aromatic rings. The predicted molar refractivity (Wildman–Crippen MR) is 86.4 cm³/mol. The monoisotopic (exact) mass is 387 g/mol. The Kier molecular flexibility index (Phi) is 5.01. The van der Waals surface area contributed by atoms with Gasteiger partial charge in [-0.1, -0.05) is 35.0 Å². The zero-order valence-corrected chi connectivity index (χ0v) is 14.3. The first-order chi connectivity index (χ1) is 8.63. The second-order valence-electron chi connectivity index (χ2n) is 4.09. The van der Waals surface area contributed by atoms with Crippen LogP contribution in [-0.2, 0) is 0 Å². The van der Waals surface area contributed by atoms with E-state index in [2.05, 4.69) is 81.4 Å². The Morgan fingerprint density at radius 3 is 2.61 bits per heavy atom. The van der Waals surface area contributed by atoms with Crippen molar-refractivity contribution in [2.24, 2.45) is 0 Å². The van der Waals surface area contributed by atoms with Crippen LogP contribution in [0.3, 0.4) is 0 Å². The normalized spacial score (nSPS) is 12.7. The second kappa shape index (κ2) is 6.33. The molecule has 1 unspecified atom stereocenters. The highest BCUT2D eigenvalue weighted by Gasteiger charge is 2.17. The fraction of sp³-hybridized carbons (Fsp3) is 0.286. The summed E-state index contributed by atoms with van der Waals surface area (Å²) in [4.78, 5) is 1.34. The van der Waals surface area contributed by atoms with Gasteiger partial charge >= 0.3 is 0 Å². The zero-order valence-electron chi connectivity index (χ0n) is 10.3. The van der Waals surface area contributed by atoms with Crippen LogP contribution in [0.4, 0.5) is 0 Å². The minimum absolute atomic E-state index is 0.267. The number of halogens is 2. The van der Waals surface area contributed by atoms with E-state index >= 15 is 0 Å². The molecule has 0 spiro atoms. The summed E-state index contributed by atoms with van der Waals surface area (Å²) in [5, 5.41) is 3.57. The topological polar surface area (TPSA) is 12.0 Å². The molecule has 1 heterocycles. The molecule has 0 aliphatic heterocycles. The minimum atomic E-state index is 0.267. The van der Waals surface area contributed by atoms with Crippen LogP contribution in [0.2, 0.25) is 0 Å². The maximum absolute atomic E-state index is 3.61. The molecule has 4 heteroatoms. The number of thiophene rings is 1. The summed E-state index contributed by atoms with van der Waals surface area (Å²) in [5.74, 6) is 0. The van der Waals surface area contributed by atoms with E-state index in [9.17, 15) is 0 Å². The Labute approximate surface area is 129 Å². The second-order valence-corrected chi connectivity index (χ2v) is 7.44. The third-order valence-electron chi connectivity index (χ3n) is 2.91. The van der Waals surface area contributed by atoms with Crippen LogP contribution < -0.4 is 5.32 Å². The highest BCUT2D eigenvalue weighted by molar-refractivity contribution is 9.11. The molecule has 0 saturated heterocycles. The Balaban J connectivity index is 2.44. The number of rotatable bonds is 4. The molecule has 1 aromatic carbocycles. The van der Waals surface area contributed by atoms with Crippen LogP contribution in [0.25, 0.3) is 0 Å². The Morgan fingerprint density at radius 1 is 1.22 bits per heavy atom.